The maximum absolute atomic E-state index is 5.03. The third kappa shape index (κ3) is 3.22. The molecular formula is C30H26N4. The molecule has 166 valence electrons. The van der Waals surface area contributed by atoms with Crippen LogP contribution in [0.4, 0.5) is 5.82 Å². The summed E-state index contributed by atoms with van der Waals surface area (Å²) in [6.45, 7) is 2.92. The summed E-state index contributed by atoms with van der Waals surface area (Å²) in [5, 5.41) is 8.50. The highest BCUT2D eigenvalue weighted by Crippen LogP contribution is 2.42. The highest BCUT2D eigenvalue weighted by Gasteiger charge is 2.40. The summed E-state index contributed by atoms with van der Waals surface area (Å²) in [5.74, 6) is 1.19. The van der Waals surface area contributed by atoms with Gasteiger partial charge in [-0.25, -0.2) is 4.98 Å². The molecule has 0 saturated carbocycles. The number of hydrogen-bond acceptors (Lipinski definition) is 3. The smallest absolute Gasteiger partial charge is 0.138 e. The Hall–Kier alpha value is -4.18. The molecule has 1 atom stereocenters. The zero-order valence-electron chi connectivity index (χ0n) is 19.1. The number of anilines is 1. The number of aromatic nitrogens is 3. The molecule has 4 nitrogen and oxygen atoms in total. The average molecular weight is 443 g/mol. The molecule has 1 unspecified atom stereocenters. The van der Waals surface area contributed by atoms with E-state index in [0.717, 1.165) is 12.4 Å². The van der Waals surface area contributed by atoms with Crippen LogP contribution in [0.15, 0.2) is 116 Å². The predicted molar refractivity (Wildman–Crippen MR) is 136 cm³/mol. The quantitative estimate of drug-likeness (QED) is 0.340. The van der Waals surface area contributed by atoms with Crippen LogP contribution in [-0.2, 0) is 5.54 Å². The van der Waals surface area contributed by atoms with Gasteiger partial charge >= 0.3 is 0 Å². The monoisotopic (exact) mass is 442 g/mol. The van der Waals surface area contributed by atoms with Crippen LogP contribution in [0, 0.1) is 6.92 Å². The van der Waals surface area contributed by atoms with Crippen molar-refractivity contribution in [2.24, 2.45) is 0 Å². The molecule has 3 heterocycles. The van der Waals surface area contributed by atoms with Gasteiger partial charge in [-0.3, -0.25) is 4.68 Å². The van der Waals surface area contributed by atoms with Crippen molar-refractivity contribution < 1.29 is 0 Å². The summed E-state index contributed by atoms with van der Waals surface area (Å²) in [6.07, 6.45) is 6.16. The third-order valence-electron chi connectivity index (χ3n) is 6.83. The Kier molecular flexibility index (Phi) is 4.99. The van der Waals surface area contributed by atoms with Crippen molar-refractivity contribution in [3.05, 3.63) is 149 Å². The van der Waals surface area contributed by atoms with Crippen molar-refractivity contribution in [3.8, 4) is 0 Å². The van der Waals surface area contributed by atoms with Crippen molar-refractivity contribution in [2.45, 2.75) is 18.4 Å². The van der Waals surface area contributed by atoms with Gasteiger partial charge in [0.05, 0.1) is 6.20 Å². The molecule has 1 aliphatic heterocycles. The molecule has 0 radical (unpaired) electrons. The predicted octanol–water partition coefficient (Wildman–Crippen LogP) is 5.98. The summed E-state index contributed by atoms with van der Waals surface area (Å²) in [4.78, 5) is 4.59. The van der Waals surface area contributed by atoms with E-state index in [4.69, 9.17) is 5.10 Å². The van der Waals surface area contributed by atoms with Gasteiger partial charge in [-0.1, -0.05) is 97.1 Å². The van der Waals surface area contributed by atoms with Gasteiger partial charge in [0.25, 0.3) is 0 Å². The lowest BCUT2D eigenvalue weighted by atomic mass is 9.77. The van der Waals surface area contributed by atoms with E-state index in [2.05, 4.69) is 125 Å². The van der Waals surface area contributed by atoms with Gasteiger partial charge in [0.2, 0.25) is 0 Å². The Bertz CT molecular complexity index is 1310. The number of benzene rings is 3. The molecule has 1 N–H and O–H groups in total. The molecule has 0 aliphatic carbocycles. The van der Waals surface area contributed by atoms with Crippen LogP contribution in [0.3, 0.4) is 0 Å². The molecule has 0 bridgehead atoms. The molecule has 34 heavy (non-hydrogen) atoms. The van der Waals surface area contributed by atoms with Crippen LogP contribution >= 0.6 is 0 Å². The molecule has 4 heteroatoms. The van der Waals surface area contributed by atoms with Gasteiger partial charge in [-0.05, 0) is 34.7 Å². The summed E-state index contributed by atoms with van der Waals surface area (Å²) < 4.78 is 2.14. The zero-order valence-corrected chi connectivity index (χ0v) is 19.1. The first kappa shape index (κ1) is 20.4. The first-order valence-corrected chi connectivity index (χ1v) is 11.7. The van der Waals surface area contributed by atoms with Crippen LogP contribution in [0.5, 0.6) is 0 Å². The molecule has 0 fully saturated rings. The highest BCUT2D eigenvalue weighted by molar-refractivity contribution is 5.57. The van der Waals surface area contributed by atoms with Crippen LogP contribution < -0.4 is 5.32 Å². The summed E-state index contributed by atoms with van der Waals surface area (Å²) in [7, 11) is 0. The van der Waals surface area contributed by atoms with Gasteiger partial charge in [0.1, 0.15) is 11.4 Å². The molecule has 0 spiro atoms. The fourth-order valence-corrected chi connectivity index (χ4v) is 5.25. The molecule has 5 aromatic rings. The van der Waals surface area contributed by atoms with Gasteiger partial charge in [0, 0.05) is 30.4 Å². The fraction of sp³-hybridized carbons (Fsp3) is 0.133. The first-order chi connectivity index (χ1) is 16.8. The van der Waals surface area contributed by atoms with Crippen molar-refractivity contribution in [3.63, 3.8) is 0 Å². The van der Waals surface area contributed by atoms with Gasteiger partial charge in [-0.2, -0.15) is 5.10 Å². The summed E-state index contributed by atoms with van der Waals surface area (Å²) in [5.41, 5.74) is 6.52. The molecular weight excluding hydrogens is 416 g/mol. The normalized spacial score (nSPS) is 15.0. The second-order valence-corrected chi connectivity index (χ2v) is 8.91. The van der Waals surface area contributed by atoms with E-state index in [1.54, 1.807) is 0 Å². The van der Waals surface area contributed by atoms with Gasteiger partial charge in [0.15, 0.2) is 0 Å². The maximum Gasteiger partial charge on any atom is 0.138 e. The lowest BCUT2D eigenvalue weighted by Gasteiger charge is -2.36. The van der Waals surface area contributed by atoms with Crippen LogP contribution in [0.2, 0.25) is 0 Å². The van der Waals surface area contributed by atoms with Gasteiger partial charge < -0.3 is 5.32 Å². The summed E-state index contributed by atoms with van der Waals surface area (Å²) >= 11 is 0. The Morgan fingerprint density at radius 2 is 1.35 bits per heavy atom. The van der Waals surface area contributed by atoms with Crippen LogP contribution in [-0.4, -0.2) is 21.3 Å². The fourth-order valence-electron chi connectivity index (χ4n) is 5.25. The zero-order chi connectivity index (χ0) is 23.0. The van der Waals surface area contributed by atoms with Crippen molar-refractivity contribution in [2.75, 3.05) is 11.9 Å². The van der Waals surface area contributed by atoms with Crippen LogP contribution in [0.1, 0.15) is 39.3 Å². The minimum absolute atomic E-state index is 0.219. The minimum atomic E-state index is -0.595. The summed E-state index contributed by atoms with van der Waals surface area (Å²) in [6, 6.07) is 34.2. The minimum Gasteiger partial charge on any atom is -0.369 e. The van der Waals surface area contributed by atoms with E-state index in [1.165, 1.54) is 33.4 Å². The molecule has 2 aromatic heterocycles. The van der Waals surface area contributed by atoms with Crippen molar-refractivity contribution in [1.82, 2.24) is 14.8 Å². The molecule has 0 amide bonds. The Labute approximate surface area is 199 Å². The number of hydrogen-bond donors (Lipinski definition) is 1. The molecule has 0 saturated heterocycles. The number of fused-ring (bicyclic) bond motifs is 1. The number of nitrogens with zero attached hydrogens (tertiary/aromatic N) is 3. The number of nitrogens with one attached hydrogen (secondary N) is 1. The average Bonchev–Trinajstić information content (AvgIpc) is 3.54. The Morgan fingerprint density at radius 3 is 1.91 bits per heavy atom. The number of pyridine rings is 1. The Morgan fingerprint density at radius 1 is 0.794 bits per heavy atom. The van der Waals surface area contributed by atoms with E-state index in [1.807, 2.05) is 12.4 Å². The van der Waals surface area contributed by atoms with E-state index < -0.39 is 5.54 Å². The molecule has 3 aromatic carbocycles. The lowest BCUT2D eigenvalue weighted by molar-refractivity contribution is 0.459. The van der Waals surface area contributed by atoms with E-state index in [9.17, 15) is 0 Å². The number of aryl methyl sites for hydroxylation is 1. The topological polar surface area (TPSA) is 42.7 Å². The van der Waals surface area contributed by atoms with E-state index in [0.29, 0.717) is 0 Å². The van der Waals surface area contributed by atoms with Crippen molar-refractivity contribution >= 4 is 5.82 Å². The SMILES string of the molecule is Cc1cnc2c(c1)C(c1cnn(C(c3ccccc3)(c3ccccc3)c3ccccc3)c1)CN2. The maximum atomic E-state index is 5.03. The number of rotatable bonds is 5. The standard InChI is InChI=1S/C30H26N4/c1-22-17-27-28(20-32-29(27)31-18-22)23-19-33-34(21-23)30(24-11-5-2-6-12-24,25-13-7-3-8-14-25)26-15-9-4-10-16-26/h2-19,21,28H,20H2,1H3,(H,31,32). The second kappa shape index (κ2) is 8.31. The molecule has 1 aliphatic rings. The second-order valence-electron chi connectivity index (χ2n) is 8.91. The van der Waals surface area contributed by atoms with Crippen LogP contribution in [0.25, 0.3) is 0 Å². The van der Waals surface area contributed by atoms with E-state index >= 15 is 0 Å². The molecule has 6 rings (SSSR count). The third-order valence-corrected chi connectivity index (χ3v) is 6.83. The lowest BCUT2D eigenvalue weighted by Crippen LogP contribution is -2.38. The van der Waals surface area contributed by atoms with Crippen molar-refractivity contribution in [1.29, 1.82) is 0 Å². The highest BCUT2D eigenvalue weighted by atomic mass is 15.3. The first-order valence-electron chi connectivity index (χ1n) is 11.7. The Balaban J connectivity index is 1.58. The largest absolute Gasteiger partial charge is 0.369 e. The van der Waals surface area contributed by atoms with Gasteiger partial charge in [-0.15, -0.1) is 0 Å². The van der Waals surface area contributed by atoms with E-state index in [-0.39, 0.29) is 5.92 Å².